The number of carbonyl (C=O) groups is 2. The number of carbonyl (C=O) groups excluding carboxylic acids is 2. The van der Waals surface area contributed by atoms with Crippen LogP contribution in [0, 0.1) is 5.92 Å². The molecule has 0 aromatic rings. The van der Waals surface area contributed by atoms with Gasteiger partial charge in [-0.3, -0.25) is 4.79 Å². The normalized spacial score (nSPS) is 43.7. The first-order chi connectivity index (χ1) is 9.76. The van der Waals surface area contributed by atoms with Crippen molar-refractivity contribution in [1.29, 1.82) is 0 Å². The monoisotopic (exact) mass is 362 g/mol. The van der Waals surface area contributed by atoms with Crippen molar-refractivity contribution in [1.82, 2.24) is 0 Å². The standard InChI is InChI=1S/C14H19BrO6/c15-4-10(16)20-5-11(17)21-14-3-9-1-12(18,7-14)6-13(19,2-9)8-14/h9,18-19H,1-8H2. The van der Waals surface area contributed by atoms with Gasteiger partial charge in [0, 0.05) is 19.3 Å². The van der Waals surface area contributed by atoms with E-state index in [1.54, 1.807) is 0 Å². The van der Waals surface area contributed by atoms with Gasteiger partial charge in [-0.15, -0.1) is 0 Å². The third-order valence-corrected chi connectivity index (χ3v) is 5.21. The molecule has 6 nitrogen and oxygen atoms in total. The van der Waals surface area contributed by atoms with Crippen LogP contribution in [0.25, 0.3) is 0 Å². The van der Waals surface area contributed by atoms with E-state index in [2.05, 4.69) is 15.9 Å². The van der Waals surface area contributed by atoms with Crippen molar-refractivity contribution in [2.75, 3.05) is 11.9 Å². The van der Waals surface area contributed by atoms with Crippen LogP contribution in [0.15, 0.2) is 0 Å². The van der Waals surface area contributed by atoms with Gasteiger partial charge in [-0.25, -0.2) is 4.79 Å². The van der Waals surface area contributed by atoms with Crippen molar-refractivity contribution < 1.29 is 29.3 Å². The molecule has 4 fully saturated rings. The number of hydrogen-bond donors (Lipinski definition) is 2. The summed E-state index contributed by atoms with van der Waals surface area (Å²) < 4.78 is 10.3. The van der Waals surface area contributed by atoms with Crippen LogP contribution in [-0.4, -0.2) is 50.9 Å². The van der Waals surface area contributed by atoms with Crippen LogP contribution in [-0.2, 0) is 19.1 Å². The van der Waals surface area contributed by atoms with Crippen LogP contribution >= 0.6 is 15.9 Å². The summed E-state index contributed by atoms with van der Waals surface area (Å²) in [6.45, 7) is -0.437. The highest BCUT2D eigenvalue weighted by Gasteiger charge is 2.64. The molecule has 0 radical (unpaired) electrons. The minimum atomic E-state index is -0.943. The number of ether oxygens (including phenoxy) is 2. The summed E-state index contributed by atoms with van der Waals surface area (Å²) in [4.78, 5) is 22.9. The molecular weight excluding hydrogens is 344 g/mol. The van der Waals surface area contributed by atoms with Crippen LogP contribution in [0.5, 0.6) is 0 Å². The Hall–Kier alpha value is -0.660. The lowest BCUT2D eigenvalue weighted by atomic mass is 9.50. The van der Waals surface area contributed by atoms with Crippen LogP contribution < -0.4 is 0 Å². The van der Waals surface area contributed by atoms with E-state index in [-0.39, 0.29) is 11.2 Å². The van der Waals surface area contributed by atoms with Gasteiger partial charge in [0.25, 0.3) is 0 Å². The van der Waals surface area contributed by atoms with Crippen LogP contribution in [0.4, 0.5) is 0 Å². The predicted octanol–water partition coefficient (Wildman–Crippen LogP) is 0.666. The molecule has 4 aliphatic carbocycles. The molecule has 0 heterocycles. The summed E-state index contributed by atoms with van der Waals surface area (Å²) in [5.74, 6) is -0.984. The molecule has 2 atom stereocenters. The lowest BCUT2D eigenvalue weighted by Gasteiger charge is -2.62. The van der Waals surface area contributed by atoms with Gasteiger partial charge in [-0.2, -0.15) is 0 Å². The van der Waals surface area contributed by atoms with Crippen molar-refractivity contribution >= 4 is 27.9 Å². The second kappa shape index (κ2) is 4.93. The quantitative estimate of drug-likeness (QED) is 0.563. The molecule has 21 heavy (non-hydrogen) atoms. The van der Waals surface area contributed by atoms with E-state index in [0.717, 1.165) is 0 Å². The van der Waals surface area contributed by atoms with Gasteiger partial charge < -0.3 is 19.7 Å². The van der Waals surface area contributed by atoms with Gasteiger partial charge in [0.2, 0.25) is 0 Å². The van der Waals surface area contributed by atoms with E-state index in [1.807, 2.05) is 0 Å². The van der Waals surface area contributed by atoms with Crippen LogP contribution in [0.3, 0.4) is 0 Å². The molecule has 0 amide bonds. The predicted molar refractivity (Wildman–Crippen MR) is 74.7 cm³/mol. The summed E-state index contributed by atoms with van der Waals surface area (Å²) in [6.07, 6.45) is 3.05. The fourth-order valence-electron chi connectivity index (χ4n) is 4.81. The zero-order chi connectivity index (χ0) is 15.3. The molecule has 7 heteroatoms. The summed E-state index contributed by atoms with van der Waals surface area (Å²) in [7, 11) is 0. The smallest absolute Gasteiger partial charge is 0.344 e. The van der Waals surface area contributed by atoms with E-state index < -0.39 is 35.3 Å². The second-order valence-corrected chi connectivity index (χ2v) is 7.47. The highest BCUT2D eigenvalue weighted by atomic mass is 79.9. The van der Waals surface area contributed by atoms with Crippen molar-refractivity contribution in [3.8, 4) is 0 Å². The first-order valence-electron chi connectivity index (χ1n) is 7.14. The second-order valence-electron chi connectivity index (χ2n) is 6.91. The average Bonchev–Trinajstić information content (AvgIpc) is 2.30. The minimum absolute atomic E-state index is 0.0208. The van der Waals surface area contributed by atoms with Crippen molar-refractivity contribution in [2.45, 2.75) is 55.3 Å². The molecule has 4 rings (SSSR count). The maximum Gasteiger partial charge on any atom is 0.344 e. The first kappa shape index (κ1) is 15.2. The fourth-order valence-corrected chi connectivity index (χ4v) is 4.97. The van der Waals surface area contributed by atoms with E-state index in [9.17, 15) is 19.8 Å². The molecular formula is C14H19BrO6. The number of aliphatic hydroxyl groups is 2. The molecule has 0 aromatic heterocycles. The van der Waals surface area contributed by atoms with Gasteiger partial charge in [0.05, 0.1) is 11.2 Å². The molecule has 4 saturated carbocycles. The van der Waals surface area contributed by atoms with E-state index >= 15 is 0 Å². The maximum atomic E-state index is 11.9. The molecule has 118 valence electrons. The Morgan fingerprint density at radius 3 is 2.19 bits per heavy atom. The van der Waals surface area contributed by atoms with Crippen LogP contribution in [0.2, 0.25) is 0 Å². The number of alkyl halides is 1. The minimum Gasteiger partial charge on any atom is -0.456 e. The fraction of sp³-hybridized carbons (Fsp3) is 0.857. The van der Waals surface area contributed by atoms with Gasteiger partial charge in [-0.05, 0) is 25.2 Å². The van der Waals surface area contributed by atoms with Crippen LogP contribution in [0.1, 0.15) is 38.5 Å². The lowest BCUT2D eigenvalue weighted by molar-refractivity contribution is -0.262. The summed E-state index contributed by atoms with van der Waals surface area (Å²) in [5, 5.41) is 21.1. The Labute approximate surface area is 130 Å². The third-order valence-electron chi connectivity index (χ3n) is 4.75. The Balaban J connectivity index is 1.67. The highest BCUT2D eigenvalue weighted by molar-refractivity contribution is 9.09. The molecule has 0 aliphatic heterocycles. The summed E-state index contributed by atoms with van der Waals surface area (Å²) >= 11 is 2.94. The van der Waals surface area contributed by atoms with Gasteiger partial charge >= 0.3 is 11.9 Å². The number of rotatable bonds is 4. The van der Waals surface area contributed by atoms with Gasteiger partial charge in [-0.1, -0.05) is 15.9 Å². The van der Waals surface area contributed by atoms with E-state index in [4.69, 9.17) is 9.47 Å². The Morgan fingerprint density at radius 1 is 1.05 bits per heavy atom. The Kier molecular flexibility index (Phi) is 3.58. The molecule has 0 spiro atoms. The Bertz CT molecular complexity index is 460. The van der Waals surface area contributed by atoms with Gasteiger partial charge in [0.1, 0.15) is 10.9 Å². The SMILES string of the molecule is O=C(CBr)OCC(=O)OC12CC3CC(O)(CC(O)(C3)C1)C2. The number of halogens is 1. The zero-order valence-corrected chi connectivity index (χ0v) is 13.2. The molecule has 4 aliphatic rings. The summed E-state index contributed by atoms with van der Waals surface area (Å²) in [6, 6.07) is 0. The van der Waals surface area contributed by atoms with Gasteiger partial charge in [0.15, 0.2) is 6.61 Å². The molecule has 0 saturated heterocycles. The zero-order valence-electron chi connectivity index (χ0n) is 11.6. The summed E-state index contributed by atoms with van der Waals surface area (Å²) in [5.41, 5.74) is -2.71. The molecule has 4 bridgehead atoms. The average molecular weight is 363 g/mol. The third kappa shape index (κ3) is 2.96. The molecule has 0 aromatic carbocycles. The van der Waals surface area contributed by atoms with E-state index in [1.165, 1.54) is 0 Å². The molecule has 2 N–H and O–H groups in total. The van der Waals surface area contributed by atoms with Crippen molar-refractivity contribution in [3.05, 3.63) is 0 Å². The number of esters is 2. The van der Waals surface area contributed by atoms with E-state index in [0.29, 0.717) is 38.5 Å². The maximum absolute atomic E-state index is 11.9. The topological polar surface area (TPSA) is 93.1 Å². The molecule has 2 unspecified atom stereocenters. The lowest BCUT2D eigenvalue weighted by Crippen LogP contribution is -2.67. The van der Waals surface area contributed by atoms with Crippen molar-refractivity contribution in [3.63, 3.8) is 0 Å². The van der Waals surface area contributed by atoms with Crippen molar-refractivity contribution in [2.24, 2.45) is 5.92 Å². The Morgan fingerprint density at radius 2 is 1.67 bits per heavy atom. The highest BCUT2D eigenvalue weighted by Crippen LogP contribution is 2.60. The number of hydrogen-bond acceptors (Lipinski definition) is 6. The first-order valence-corrected chi connectivity index (χ1v) is 8.26. The largest absolute Gasteiger partial charge is 0.456 e.